The predicted molar refractivity (Wildman–Crippen MR) is 94.4 cm³/mol. The number of nitrogens with zero attached hydrogens (tertiary/aromatic N) is 2. The first-order valence-corrected chi connectivity index (χ1v) is 7.96. The molecule has 0 aliphatic rings. The highest BCUT2D eigenvalue weighted by Gasteiger charge is 2.17. The lowest BCUT2D eigenvalue weighted by molar-refractivity contribution is -0.136. The zero-order valence-corrected chi connectivity index (χ0v) is 14.4. The van der Waals surface area contributed by atoms with Gasteiger partial charge < -0.3 is 19.0 Å². The van der Waals surface area contributed by atoms with E-state index >= 15 is 0 Å². The number of hydrogen-bond acceptors (Lipinski definition) is 4. The molecule has 1 aromatic carbocycles. The fraction of sp³-hybridized carbons (Fsp3) is 0.263. The number of carboxylic acid groups (broad SMARTS) is 1. The minimum absolute atomic E-state index is 0.0437. The van der Waals surface area contributed by atoms with Gasteiger partial charge in [0.05, 0.1) is 32.0 Å². The molecule has 3 aromatic rings. The van der Waals surface area contributed by atoms with Crippen LogP contribution in [0.4, 0.5) is 0 Å². The molecule has 0 radical (unpaired) electrons. The van der Waals surface area contributed by atoms with Gasteiger partial charge in [0.25, 0.3) is 0 Å². The number of aliphatic carboxylic acids is 1. The third-order valence-corrected chi connectivity index (χ3v) is 4.18. The van der Waals surface area contributed by atoms with Gasteiger partial charge in [0, 0.05) is 18.2 Å². The van der Waals surface area contributed by atoms with Crippen molar-refractivity contribution in [1.82, 2.24) is 9.38 Å². The largest absolute Gasteiger partial charge is 0.493 e. The zero-order chi connectivity index (χ0) is 18.0. The van der Waals surface area contributed by atoms with Gasteiger partial charge >= 0.3 is 5.97 Å². The molecular weight excluding hydrogens is 320 g/mol. The van der Waals surface area contributed by atoms with Gasteiger partial charge in [-0.2, -0.15) is 0 Å². The van der Waals surface area contributed by atoms with Crippen LogP contribution in [0.15, 0.2) is 36.5 Å². The second-order valence-corrected chi connectivity index (χ2v) is 5.76. The number of imidazole rings is 1. The minimum atomic E-state index is -0.833. The lowest BCUT2D eigenvalue weighted by Crippen LogP contribution is -2.02. The van der Waals surface area contributed by atoms with Crippen LogP contribution in [-0.4, -0.2) is 34.7 Å². The Hall–Kier alpha value is -3.02. The van der Waals surface area contributed by atoms with Gasteiger partial charge in [-0.05, 0) is 36.8 Å². The maximum atomic E-state index is 11.1. The second-order valence-electron chi connectivity index (χ2n) is 5.76. The number of hydrogen-bond donors (Lipinski definition) is 1. The molecule has 0 fully saturated rings. The molecule has 6 nitrogen and oxygen atoms in total. The molecule has 0 atom stereocenters. The molecule has 25 heavy (non-hydrogen) atoms. The van der Waals surface area contributed by atoms with E-state index < -0.39 is 5.97 Å². The second kappa shape index (κ2) is 6.84. The van der Waals surface area contributed by atoms with Crippen LogP contribution in [0.3, 0.4) is 0 Å². The predicted octanol–water partition coefficient (Wildman–Crippen LogP) is 3.34. The number of benzene rings is 1. The minimum Gasteiger partial charge on any atom is -0.493 e. The van der Waals surface area contributed by atoms with E-state index in [1.165, 1.54) is 0 Å². The molecule has 0 spiro atoms. The Balaban J connectivity index is 2.19. The SMILES string of the molecule is COc1ccc(-c2nc3c(C)cccn3c2CCC(=O)O)cc1OC. The highest BCUT2D eigenvalue weighted by molar-refractivity contribution is 5.72. The zero-order valence-electron chi connectivity index (χ0n) is 14.4. The Morgan fingerprint density at radius 1 is 1.20 bits per heavy atom. The summed E-state index contributed by atoms with van der Waals surface area (Å²) in [7, 11) is 3.17. The Bertz CT molecular complexity index is 931. The smallest absolute Gasteiger partial charge is 0.303 e. The van der Waals surface area contributed by atoms with Crippen molar-refractivity contribution >= 4 is 11.6 Å². The van der Waals surface area contributed by atoms with E-state index in [4.69, 9.17) is 19.6 Å². The van der Waals surface area contributed by atoms with Crippen molar-refractivity contribution in [3.8, 4) is 22.8 Å². The van der Waals surface area contributed by atoms with Crippen LogP contribution in [0.25, 0.3) is 16.9 Å². The molecule has 2 heterocycles. The van der Waals surface area contributed by atoms with Crippen LogP contribution in [0.1, 0.15) is 17.7 Å². The van der Waals surface area contributed by atoms with E-state index in [0.29, 0.717) is 17.9 Å². The molecule has 0 saturated heterocycles. The number of methoxy groups -OCH3 is 2. The topological polar surface area (TPSA) is 73.1 Å². The molecule has 0 amide bonds. The fourth-order valence-corrected chi connectivity index (χ4v) is 2.93. The van der Waals surface area contributed by atoms with E-state index in [1.54, 1.807) is 14.2 Å². The van der Waals surface area contributed by atoms with Gasteiger partial charge in [-0.3, -0.25) is 4.79 Å². The molecule has 2 aromatic heterocycles. The summed E-state index contributed by atoms with van der Waals surface area (Å²) in [5.41, 5.74) is 4.35. The molecule has 130 valence electrons. The molecule has 3 rings (SSSR count). The van der Waals surface area contributed by atoms with Gasteiger partial charge in [0.1, 0.15) is 5.65 Å². The van der Waals surface area contributed by atoms with E-state index in [1.807, 2.05) is 47.9 Å². The van der Waals surface area contributed by atoms with E-state index in [2.05, 4.69) is 0 Å². The van der Waals surface area contributed by atoms with E-state index in [0.717, 1.165) is 28.2 Å². The third-order valence-electron chi connectivity index (χ3n) is 4.18. The molecule has 0 saturated carbocycles. The van der Waals surface area contributed by atoms with E-state index in [-0.39, 0.29) is 6.42 Å². The molecule has 0 aliphatic carbocycles. The first-order chi connectivity index (χ1) is 12.0. The van der Waals surface area contributed by atoms with Crippen LogP contribution in [-0.2, 0) is 11.2 Å². The Morgan fingerprint density at radius 2 is 1.96 bits per heavy atom. The molecule has 0 bridgehead atoms. The number of fused-ring (bicyclic) bond motifs is 1. The van der Waals surface area contributed by atoms with E-state index in [9.17, 15) is 4.79 Å². The van der Waals surface area contributed by atoms with Gasteiger partial charge in [-0.15, -0.1) is 0 Å². The highest BCUT2D eigenvalue weighted by atomic mass is 16.5. The summed E-state index contributed by atoms with van der Waals surface area (Å²) in [6, 6.07) is 9.52. The maximum Gasteiger partial charge on any atom is 0.303 e. The Morgan fingerprint density at radius 3 is 2.64 bits per heavy atom. The lowest BCUT2D eigenvalue weighted by atomic mass is 10.1. The van der Waals surface area contributed by atoms with Crippen molar-refractivity contribution < 1.29 is 19.4 Å². The average Bonchev–Trinajstić information content (AvgIpc) is 2.99. The average molecular weight is 340 g/mol. The summed E-state index contributed by atoms with van der Waals surface area (Å²) in [5, 5.41) is 9.08. The number of carbonyl (C=O) groups is 1. The summed E-state index contributed by atoms with van der Waals surface area (Å²) in [6.07, 6.45) is 2.35. The maximum absolute atomic E-state index is 11.1. The number of pyridine rings is 1. The van der Waals surface area contributed by atoms with Crippen LogP contribution in [0, 0.1) is 6.92 Å². The van der Waals surface area contributed by atoms with Crippen molar-refractivity contribution in [3.05, 3.63) is 47.8 Å². The van der Waals surface area contributed by atoms with Crippen molar-refractivity contribution in [1.29, 1.82) is 0 Å². The number of aromatic nitrogens is 2. The third kappa shape index (κ3) is 3.15. The molecule has 6 heteroatoms. The van der Waals surface area contributed by atoms with Crippen molar-refractivity contribution in [2.45, 2.75) is 19.8 Å². The number of rotatable bonds is 6. The first kappa shape index (κ1) is 16.8. The van der Waals surface area contributed by atoms with Crippen LogP contribution >= 0.6 is 0 Å². The lowest BCUT2D eigenvalue weighted by Gasteiger charge is -2.09. The molecule has 1 N–H and O–H groups in total. The monoisotopic (exact) mass is 340 g/mol. The molecule has 0 aliphatic heterocycles. The summed E-state index contributed by atoms with van der Waals surface area (Å²) < 4.78 is 12.6. The standard InChI is InChI=1S/C19H20N2O4/c1-12-5-4-10-21-14(7-9-17(22)23)18(20-19(12)21)13-6-8-15(24-2)16(11-13)25-3/h4-6,8,10-11H,7,9H2,1-3H3,(H,22,23). The summed E-state index contributed by atoms with van der Waals surface area (Å²) in [5.74, 6) is 0.414. The Labute approximate surface area is 145 Å². The van der Waals surface area contributed by atoms with Gasteiger partial charge in [-0.1, -0.05) is 6.07 Å². The normalized spacial score (nSPS) is 10.8. The first-order valence-electron chi connectivity index (χ1n) is 7.96. The fourth-order valence-electron chi connectivity index (χ4n) is 2.93. The molecular formula is C19H20N2O4. The van der Waals surface area contributed by atoms with Gasteiger partial charge in [0.2, 0.25) is 0 Å². The van der Waals surface area contributed by atoms with Crippen molar-refractivity contribution in [3.63, 3.8) is 0 Å². The number of ether oxygens (including phenoxy) is 2. The van der Waals surface area contributed by atoms with Crippen LogP contribution in [0.2, 0.25) is 0 Å². The van der Waals surface area contributed by atoms with Gasteiger partial charge in [-0.25, -0.2) is 4.98 Å². The van der Waals surface area contributed by atoms with Crippen LogP contribution < -0.4 is 9.47 Å². The summed E-state index contributed by atoms with van der Waals surface area (Å²) in [6.45, 7) is 1.99. The number of aryl methyl sites for hydroxylation is 2. The quantitative estimate of drug-likeness (QED) is 0.745. The summed E-state index contributed by atoms with van der Waals surface area (Å²) >= 11 is 0. The number of carboxylic acids is 1. The Kier molecular flexibility index (Phi) is 4.61. The van der Waals surface area contributed by atoms with Crippen molar-refractivity contribution in [2.75, 3.05) is 14.2 Å². The molecule has 0 unspecified atom stereocenters. The highest BCUT2D eigenvalue weighted by Crippen LogP contribution is 2.34. The van der Waals surface area contributed by atoms with Gasteiger partial charge in [0.15, 0.2) is 11.5 Å². The summed E-state index contributed by atoms with van der Waals surface area (Å²) in [4.78, 5) is 15.8. The van der Waals surface area contributed by atoms with Crippen LogP contribution in [0.5, 0.6) is 11.5 Å². The van der Waals surface area contributed by atoms with Crippen molar-refractivity contribution in [2.24, 2.45) is 0 Å².